The molecule has 10 heteroatoms. The molecule has 7 nitrogen and oxygen atoms in total. The summed E-state index contributed by atoms with van der Waals surface area (Å²) in [4.78, 5) is 27.6. The first-order valence-electron chi connectivity index (χ1n) is 8.81. The number of nitrogens with zero attached hydrogens (tertiary/aromatic N) is 2. The van der Waals surface area contributed by atoms with Crippen molar-refractivity contribution in [3.63, 3.8) is 0 Å². The number of amides is 1. The number of rotatable bonds is 7. The first-order valence-corrected chi connectivity index (χ1v) is 8.81. The van der Waals surface area contributed by atoms with Crippen molar-refractivity contribution in [3.8, 4) is 11.4 Å². The van der Waals surface area contributed by atoms with Gasteiger partial charge in [-0.3, -0.25) is 4.79 Å². The molecule has 3 rings (SSSR count). The highest BCUT2D eigenvalue weighted by Gasteiger charge is 2.30. The third kappa shape index (κ3) is 5.22. The molecule has 2 N–H and O–H groups in total. The summed E-state index contributed by atoms with van der Waals surface area (Å²) in [5.41, 5.74) is -0.298. The Bertz CT molecular complexity index is 1040. The second kappa shape index (κ2) is 8.76. The summed E-state index contributed by atoms with van der Waals surface area (Å²) >= 11 is 0. The molecule has 0 saturated carbocycles. The van der Waals surface area contributed by atoms with E-state index in [1.165, 1.54) is 12.1 Å². The van der Waals surface area contributed by atoms with Crippen LogP contribution in [0.5, 0.6) is 0 Å². The second-order valence-electron chi connectivity index (χ2n) is 6.34. The van der Waals surface area contributed by atoms with Crippen molar-refractivity contribution in [2.75, 3.05) is 0 Å². The Hall–Kier alpha value is -3.69. The lowest BCUT2D eigenvalue weighted by Crippen LogP contribution is -2.33. The molecule has 0 aliphatic heterocycles. The van der Waals surface area contributed by atoms with Crippen LogP contribution in [0.1, 0.15) is 29.5 Å². The highest BCUT2D eigenvalue weighted by molar-refractivity contribution is 5.84. The van der Waals surface area contributed by atoms with Crippen LogP contribution < -0.4 is 5.32 Å². The third-order valence-corrected chi connectivity index (χ3v) is 4.17. The van der Waals surface area contributed by atoms with E-state index in [0.29, 0.717) is 5.56 Å². The third-order valence-electron chi connectivity index (χ3n) is 4.17. The van der Waals surface area contributed by atoms with E-state index >= 15 is 0 Å². The highest BCUT2D eigenvalue weighted by atomic mass is 19.4. The van der Waals surface area contributed by atoms with Crippen molar-refractivity contribution in [3.05, 3.63) is 71.6 Å². The van der Waals surface area contributed by atoms with Crippen LogP contribution in [-0.2, 0) is 22.2 Å². The van der Waals surface area contributed by atoms with Crippen LogP contribution in [0.4, 0.5) is 13.2 Å². The first kappa shape index (κ1) is 21.0. The average Bonchev–Trinajstić information content (AvgIpc) is 3.19. The molecular weight excluding hydrogens is 403 g/mol. The van der Waals surface area contributed by atoms with Crippen LogP contribution in [0.3, 0.4) is 0 Å². The molecule has 1 heterocycles. The average molecular weight is 419 g/mol. The zero-order valence-electron chi connectivity index (χ0n) is 15.4. The van der Waals surface area contributed by atoms with Gasteiger partial charge in [0.15, 0.2) is 6.04 Å². The number of carboxylic acids is 1. The number of hydrogen-bond acceptors (Lipinski definition) is 5. The smallest absolute Gasteiger partial charge is 0.416 e. The number of benzene rings is 2. The van der Waals surface area contributed by atoms with Gasteiger partial charge < -0.3 is 14.9 Å². The van der Waals surface area contributed by atoms with E-state index in [9.17, 15) is 27.9 Å². The Morgan fingerprint density at radius 2 is 1.83 bits per heavy atom. The number of hydrogen-bond donors (Lipinski definition) is 2. The van der Waals surface area contributed by atoms with E-state index in [1.807, 2.05) is 0 Å². The predicted octanol–water partition coefficient (Wildman–Crippen LogP) is 3.63. The number of carbonyl (C=O) groups excluding carboxylic acids is 1. The van der Waals surface area contributed by atoms with Gasteiger partial charge in [-0.2, -0.15) is 18.2 Å². The molecule has 1 atom stereocenters. The molecule has 0 aliphatic rings. The minimum absolute atomic E-state index is 0.00107. The summed E-state index contributed by atoms with van der Waals surface area (Å²) < 4.78 is 43.5. The van der Waals surface area contributed by atoms with E-state index in [0.717, 1.165) is 12.1 Å². The van der Waals surface area contributed by atoms with Gasteiger partial charge in [0.1, 0.15) is 0 Å². The fourth-order valence-electron chi connectivity index (χ4n) is 2.70. The normalized spacial score (nSPS) is 12.4. The van der Waals surface area contributed by atoms with Crippen LogP contribution in [0.15, 0.2) is 59.1 Å². The summed E-state index contributed by atoms with van der Waals surface area (Å²) in [6.07, 6.45) is -4.64. The standard InChI is InChI=1S/C20H16F3N3O4/c21-20(22,23)14-8-4-7-13(11-14)18-25-16(30-26-18)10-9-15(27)24-17(19(28)29)12-5-2-1-3-6-12/h1-8,11,17H,9-10H2,(H,24,27)(H,28,29)/t17-/m1/s1. The summed E-state index contributed by atoms with van der Waals surface area (Å²) in [5.74, 6) is -1.75. The van der Waals surface area contributed by atoms with Gasteiger partial charge in [-0.1, -0.05) is 47.6 Å². The maximum absolute atomic E-state index is 12.8. The fourth-order valence-corrected chi connectivity index (χ4v) is 2.70. The van der Waals surface area contributed by atoms with Crippen molar-refractivity contribution in [2.24, 2.45) is 0 Å². The van der Waals surface area contributed by atoms with E-state index < -0.39 is 29.7 Å². The molecule has 0 saturated heterocycles. The van der Waals surface area contributed by atoms with Crippen LogP contribution in [0.2, 0.25) is 0 Å². The summed E-state index contributed by atoms with van der Waals surface area (Å²) in [6.45, 7) is 0. The number of halogens is 3. The zero-order valence-corrected chi connectivity index (χ0v) is 15.4. The minimum atomic E-state index is -4.50. The predicted molar refractivity (Wildman–Crippen MR) is 98.0 cm³/mol. The van der Waals surface area contributed by atoms with Crippen molar-refractivity contribution in [1.29, 1.82) is 0 Å². The van der Waals surface area contributed by atoms with Crippen LogP contribution >= 0.6 is 0 Å². The van der Waals surface area contributed by atoms with Crippen molar-refractivity contribution in [1.82, 2.24) is 15.5 Å². The molecule has 0 fully saturated rings. The van der Waals surface area contributed by atoms with Crippen molar-refractivity contribution in [2.45, 2.75) is 25.1 Å². The van der Waals surface area contributed by atoms with E-state index in [-0.39, 0.29) is 30.1 Å². The van der Waals surface area contributed by atoms with Gasteiger partial charge in [-0.25, -0.2) is 4.79 Å². The van der Waals surface area contributed by atoms with Gasteiger partial charge in [0.05, 0.1) is 5.56 Å². The number of aromatic nitrogens is 2. The van der Waals surface area contributed by atoms with Gasteiger partial charge in [-0.05, 0) is 17.7 Å². The number of aryl methyl sites for hydroxylation is 1. The van der Waals surface area contributed by atoms with Gasteiger partial charge in [0.25, 0.3) is 0 Å². The van der Waals surface area contributed by atoms with Crippen LogP contribution in [0, 0.1) is 0 Å². The lowest BCUT2D eigenvalue weighted by Gasteiger charge is -2.14. The lowest BCUT2D eigenvalue weighted by atomic mass is 10.1. The summed E-state index contributed by atoms with van der Waals surface area (Å²) in [5, 5.41) is 15.4. The lowest BCUT2D eigenvalue weighted by molar-refractivity contribution is -0.142. The van der Waals surface area contributed by atoms with Gasteiger partial charge >= 0.3 is 12.1 Å². The first-order chi connectivity index (χ1) is 14.2. The molecule has 0 bridgehead atoms. The Morgan fingerprint density at radius 3 is 2.50 bits per heavy atom. The van der Waals surface area contributed by atoms with Gasteiger partial charge in [0.2, 0.25) is 17.6 Å². The quantitative estimate of drug-likeness (QED) is 0.606. The van der Waals surface area contributed by atoms with E-state index in [1.54, 1.807) is 30.3 Å². The molecule has 30 heavy (non-hydrogen) atoms. The number of alkyl halides is 3. The van der Waals surface area contributed by atoms with E-state index in [4.69, 9.17) is 4.52 Å². The number of carboxylic acid groups (broad SMARTS) is 1. The molecular formula is C20H16F3N3O4. The molecule has 1 amide bonds. The van der Waals surface area contributed by atoms with Crippen LogP contribution in [0.25, 0.3) is 11.4 Å². The Morgan fingerprint density at radius 1 is 1.10 bits per heavy atom. The van der Waals surface area contributed by atoms with Gasteiger partial charge in [0, 0.05) is 18.4 Å². The molecule has 156 valence electrons. The Balaban J connectivity index is 1.63. The maximum atomic E-state index is 12.8. The topological polar surface area (TPSA) is 105 Å². The molecule has 1 aromatic heterocycles. The number of nitrogens with one attached hydrogen (secondary N) is 1. The maximum Gasteiger partial charge on any atom is 0.416 e. The number of aliphatic carboxylic acids is 1. The zero-order chi connectivity index (χ0) is 21.7. The molecule has 0 radical (unpaired) electrons. The Labute approximate surface area is 168 Å². The van der Waals surface area contributed by atoms with Crippen molar-refractivity contribution >= 4 is 11.9 Å². The molecule has 0 unspecified atom stereocenters. The molecule has 0 spiro atoms. The van der Waals surface area contributed by atoms with E-state index in [2.05, 4.69) is 15.5 Å². The summed E-state index contributed by atoms with van der Waals surface area (Å²) in [7, 11) is 0. The largest absolute Gasteiger partial charge is 0.479 e. The highest BCUT2D eigenvalue weighted by Crippen LogP contribution is 2.31. The van der Waals surface area contributed by atoms with Crippen molar-refractivity contribution < 1.29 is 32.4 Å². The summed E-state index contributed by atoms with van der Waals surface area (Å²) in [6, 6.07) is 11.5. The second-order valence-corrected chi connectivity index (χ2v) is 6.34. The molecule has 0 aliphatic carbocycles. The Kier molecular flexibility index (Phi) is 6.14. The van der Waals surface area contributed by atoms with Crippen LogP contribution in [-0.4, -0.2) is 27.1 Å². The van der Waals surface area contributed by atoms with Gasteiger partial charge in [-0.15, -0.1) is 0 Å². The number of carbonyl (C=O) groups is 2. The molecule has 3 aromatic rings. The minimum Gasteiger partial charge on any atom is -0.479 e. The SMILES string of the molecule is O=C(CCc1nc(-c2cccc(C(F)(F)F)c2)no1)N[C@@H](C(=O)O)c1ccccc1. The monoisotopic (exact) mass is 419 g/mol. The fraction of sp³-hybridized carbons (Fsp3) is 0.200. The molecule has 2 aromatic carbocycles.